The summed E-state index contributed by atoms with van der Waals surface area (Å²) in [5, 5.41) is 4.63. The Morgan fingerprint density at radius 2 is 1.54 bits per heavy atom. The smallest absolute Gasteiger partial charge is 0.329 e. The van der Waals surface area contributed by atoms with Gasteiger partial charge in [-0.1, -0.05) is 66.7 Å². The molecule has 0 radical (unpaired) electrons. The zero-order chi connectivity index (χ0) is 18.2. The van der Waals surface area contributed by atoms with Crippen molar-refractivity contribution in [1.82, 2.24) is 5.32 Å². The van der Waals surface area contributed by atoms with E-state index < -0.39 is 12.0 Å². The Hall–Kier alpha value is -2.92. The van der Waals surface area contributed by atoms with E-state index in [9.17, 15) is 9.59 Å². The molecule has 5 heteroatoms. The Morgan fingerprint density at radius 1 is 0.885 bits per heavy atom. The van der Waals surface area contributed by atoms with Gasteiger partial charge in [0.1, 0.15) is 12.6 Å². The molecule has 1 heterocycles. The zero-order valence-corrected chi connectivity index (χ0v) is 14.9. The van der Waals surface area contributed by atoms with Gasteiger partial charge in [-0.25, -0.2) is 4.79 Å². The second kappa shape index (κ2) is 8.97. The minimum Gasteiger partial charge on any atom is -0.459 e. The normalized spacial score (nSPS) is 11.5. The van der Waals surface area contributed by atoms with Gasteiger partial charge in [-0.05, 0) is 22.6 Å². The van der Waals surface area contributed by atoms with E-state index in [1.54, 1.807) is 12.1 Å². The molecule has 0 fully saturated rings. The van der Waals surface area contributed by atoms with Gasteiger partial charge in [0.25, 0.3) is 5.91 Å². The SMILES string of the molecule is O=C(N[C@H](Cc1ccccc1)C(=O)OCc1ccccc1)c1cccs1. The van der Waals surface area contributed by atoms with E-state index in [-0.39, 0.29) is 12.5 Å². The van der Waals surface area contributed by atoms with Crippen LogP contribution in [0.25, 0.3) is 0 Å². The van der Waals surface area contributed by atoms with E-state index in [2.05, 4.69) is 5.32 Å². The summed E-state index contributed by atoms with van der Waals surface area (Å²) in [5.41, 5.74) is 1.87. The topological polar surface area (TPSA) is 55.4 Å². The van der Waals surface area contributed by atoms with Crippen molar-refractivity contribution in [3.8, 4) is 0 Å². The average molecular weight is 365 g/mol. The molecule has 0 unspecified atom stereocenters. The van der Waals surface area contributed by atoms with Crippen LogP contribution in [-0.4, -0.2) is 17.9 Å². The van der Waals surface area contributed by atoms with Crippen molar-refractivity contribution in [2.75, 3.05) is 0 Å². The fraction of sp³-hybridized carbons (Fsp3) is 0.143. The van der Waals surface area contributed by atoms with E-state index >= 15 is 0 Å². The third-order valence-electron chi connectivity index (χ3n) is 3.84. The fourth-order valence-electron chi connectivity index (χ4n) is 2.51. The van der Waals surface area contributed by atoms with Crippen LogP contribution in [-0.2, 0) is 22.6 Å². The van der Waals surface area contributed by atoms with Crippen LogP contribution in [0.5, 0.6) is 0 Å². The number of benzene rings is 2. The van der Waals surface area contributed by atoms with Gasteiger partial charge in [-0.2, -0.15) is 0 Å². The van der Waals surface area contributed by atoms with Gasteiger partial charge in [0, 0.05) is 6.42 Å². The van der Waals surface area contributed by atoms with Gasteiger partial charge in [0.2, 0.25) is 0 Å². The summed E-state index contributed by atoms with van der Waals surface area (Å²) in [6.45, 7) is 0.180. The Morgan fingerprint density at radius 3 is 2.15 bits per heavy atom. The number of nitrogens with one attached hydrogen (secondary N) is 1. The van der Waals surface area contributed by atoms with Crippen molar-refractivity contribution in [3.05, 3.63) is 94.2 Å². The average Bonchev–Trinajstić information content (AvgIpc) is 3.22. The summed E-state index contributed by atoms with van der Waals surface area (Å²) in [7, 11) is 0. The molecular weight excluding hydrogens is 346 g/mol. The predicted octanol–water partition coefficient (Wildman–Crippen LogP) is 3.83. The summed E-state index contributed by atoms with van der Waals surface area (Å²) in [6.07, 6.45) is 0.381. The standard InChI is InChI=1S/C21H19NO3S/c23-20(19-12-7-13-26-19)22-18(14-16-8-3-1-4-9-16)21(24)25-15-17-10-5-2-6-11-17/h1-13,18H,14-15H2,(H,22,23)/t18-/m1/s1. The van der Waals surface area contributed by atoms with Crippen molar-refractivity contribution in [1.29, 1.82) is 0 Å². The number of carbonyl (C=O) groups is 2. The number of ether oxygens (including phenoxy) is 1. The summed E-state index contributed by atoms with van der Waals surface area (Å²) in [6, 6.07) is 21.8. The van der Waals surface area contributed by atoms with Gasteiger partial charge >= 0.3 is 5.97 Å². The molecule has 132 valence electrons. The number of amides is 1. The van der Waals surface area contributed by atoms with Gasteiger partial charge in [-0.15, -0.1) is 11.3 Å². The molecule has 0 aliphatic heterocycles. The highest BCUT2D eigenvalue weighted by Gasteiger charge is 2.23. The number of rotatable bonds is 7. The highest BCUT2D eigenvalue weighted by Crippen LogP contribution is 2.11. The number of carbonyl (C=O) groups excluding carboxylic acids is 2. The first-order valence-corrected chi connectivity index (χ1v) is 9.19. The molecular formula is C21H19NO3S. The minimum atomic E-state index is -0.740. The van der Waals surface area contributed by atoms with Crippen molar-refractivity contribution in [3.63, 3.8) is 0 Å². The molecule has 0 spiro atoms. The maximum atomic E-state index is 12.6. The second-order valence-corrected chi connectivity index (χ2v) is 6.73. The zero-order valence-electron chi connectivity index (χ0n) is 14.1. The van der Waals surface area contributed by atoms with E-state index in [1.807, 2.05) is 66.0 Å². The Labute approximate surface area is 156 Å². The Bertz CT molecular complexity index is 832. The lowest BCUT2D eigenvalue weighted by molar-refractivity contribution is -0.147. The van der Waals surface area contributed by atoms with Crippen LogP contribution in [0.3, 0.4) is 0 Å². The monoisotopic (exact) mass is 365 g/mol. The van der Waals surface area contributed by atoms with Crippen molar-refractivity contribution in [2.45, 2.75) is 19.1 Å². The quantitative estimate of drug-likeness (QED) is 0.648. The first kappa shape index (κ1) is 17.9. The van der Waals surface area contributed by atoms with Crippen LogP contribution in [0.15, 0.2) is 78.2 Å². The van der Waals surface area contributed by atoms with E-state index in [0.29, 0.717) is 11.3 Å². The third-order valence-corrected chi connectivity index (χ3v) is 4.71. The summed E-state index contributed by atoms with van der Waals surface area (Å²) in [4.78, 5) is 25.5. The highest BCUT2D eigenvalue weighted by molar-refractivity contribution is 7.12. The molecule has 0 saturated heterocycles. The predicted molar refractivity (Wildman–Crippen MR) is 102 cm³/mol. The first-order chi connectivity index (χ1) is 12.7. The lowest BCUT2D eigenvalue weighted by Gasteiger charge is -2.17. The van der Waals surface area contributed by atoms with Crippen LogP contribution in [0.1, 0.15) is 20.8 Å². The number of hydrogen-bond donors (Lipinski definition) is 1. The van der Waals surface area contributed by atoms with Crippen LogP contribution in [0.4, 0.5) is 0 Å². The molecule has 1 amide bonds. The highest BCUT2D eigenvalue weighted by atomic mass is 32.1. The van der Waals surface area contributed by atoms with Crippen LogP contribution >= 0.6 is 11.3 Å². The lowest BCUT2D eigenvalue weighted by Crippen LogP contribution is -2.43. The van der Waals surface area contributed by atoms with Crippen molar-refractivity contribution < 1.29 is 14.3 Å². The van der Waals surface area contributed by atoms with E-state index in [1.165, 1.54) is 11.3 Å². The summed E-state index contributed by atoms with van der Waals surface area (Å²) < 4.78 is 5.43. The third kappa shape index (κ3) is 5.04. The molecule has 0 aliphatic rings. The maximum Gasteiger partial charge on any atom is 0.329 e. The van der Waals surface area contributed by atoms with E-state index in [0.717, 1.165) is 11.1 Å². The molecule has 2 aromatic carbocycles. The van der Waals surface area contributed by atoms with Crippen molar-refractivity contribution >= 4 is 23.2 Å². The van der Waals surface area contributed by atoms with Gasteiger partial charge < -0.3 is 10.1 Å². The molecule has 0 saturated carbocycles. The maximum absolute atomic E-state index is 12.6. The molecule has 4 nitrogen and oxygen atoms in total. The summed E-state index contributed by atoms with van der Waals surface area (Å²) in [5.74, 6) is -0.708. The van der Waals surface area contributed by atoms with Crippen LogP contribution in [0, 0.1) is 0 Å². The second-order valence-electron chi connectivity index (χ2n) is 5.79. The van der Waals surface area contributed by atoms with Crippen LogP contribution in [0.2, 0.25) is 0 Å². The van der Waals surface area contributed by atoms with E-state index in [4.69, 9.17) is 4.74 Å². The first-order valence-electron chi connectivity index (χ1n) is 8.31. The molecule has 0 bridgehead atoms. The van der Waals surface area contributed by atoms with Gasteiger partial charge in [0.15, 0.2) is 0 Å². The van der Waals surface area contributed by atoms with Crippen LogP contribution < -0.4 is 5.32 Å². The summed E-state index contributed by atoms with van der Waals surface area (Å²) >= 11 is 1.34. The molecule has 3 aromatic rings. The molecule has 1 aromatic heterocycles. The molecule has 1 atom stereocenters. The molecule has 1 N–H and O–H groups in total. The number of thiophene rings is 1. The van der Waals surface area contributed by atoms with Gasteiger partial charge in [0.05, 0.1) is 4.88 Å². The fourth-order valence-corrected chi connectivity index (χ4v) is 3.14. The Kier molecular flexibility index (Phi) is 6.17. The van der Waals surface area contributed by atoms with Gasteiger partial charge in [-0.3, -0.25) is 4.79 Å². The number of hydrogen-bond acceptors (Lipinski definition) is 4. The lowest BCUT2D eigenvalue weighted by atomic mass is 10.1. The molecule has 0 aliphatic carbocycles. The molecule has 26 heavy (non-hydrogen) atoms. The Balaban J connectivity index is 1.68. The molecule has 3 rings (SSSR count). The van der Waals surface area contributed by atoms with Crippen molar-refractivity contribution in [2.24, 2.45) is 0 Å². The number of esters is 1. The minimum absolute atomic E-state index is 0.180. The largest absolute Gasteiger partial charge is 0.459 e.